The standard InChI is InChI=1S/C18H26N4O/c1-4-13-7-9-15(10-8-13)21-18(19)20-12-16-11-17(22-23-16)14(5-2)6-3/h7-11,14H,4-6,12H2,1-3H3,(H3,19,20,21). The summed E-state index contributed by atoms with van der Waals surface area (Å²) in [7, 11) is 0. The maximum atomic E-state index is 5.92. The molecule has 0 aliphatic carbocycles. The number of nitrogens with two attached hydrogens (primary N) is 1. The van der Waals surface area contributed by atoms with Gasteiger partial charge in [-0.3, -0.25) is 0 Å². The lowest BCUT2D eigenvalue weighted by atomic mass is 9.99. The van der Waals surface area contributed by atoms with E-state index < -0.39 is 0 Å². The quantitative estimate of drug-likeness (QED) is 0.596. The molecule has 5 heteroatoms. The topological polar surface area (TPSA) is 76.4 Å². The Balaban J connectivity index is 1.93. The molecular formula is C18H26N4O. The third-order valence-corrected chi connectivity index (χ3v) is 4.02. The van der Waals surface area contributed by atoms with E-state index in [1.165, 1.54) is 5.56 Å². The molecule has 3 N–H and O–H groups in total. The van der Waals surface area contributed by atoms with Gasteiger partial charge in [-0.1, -0.05) is 38.1 Å². The molecule has 5 nitrogen and oxygen atoms in total. The van der Waals surface area contributed by atoms with Crippen LogP contribution in [-0.4, -0.2) is 11.1 Å². The smallest absolute Gasteiger partial charge is 0.193 e. The Morgan fingerprint density at radius 2 is 1.91 bits per heavy atom. The largest absolute Gasteiger partial charge is 0.370 e. The fraction of sp³-hybridized carbons (Fsp3) is 0.444. The summed E-state index contributed by atoms with van der Waals surface area (Å²) in [4.78, 5) is 4.31. The Hall–Kier alpha value is -2.30. The first-order chi connectivity index (χ1) is 11.2. The number of anilines is 1. The molecule has 0 unspecified atom stereocenters. The molecule has 1 aromatic heterocycles. The number of nitrogens with zero attached hydrogens (tertiary/aromatic N) is 2. The summed E-state index contributed by atoms with van der Waals surface area (Å²) in [6.45, 7) is 6.84. The first-order valence-electron chi connectivity index (χ1n) is 8.27. The van der Waals surface area contributed by atoms with E-state index in [9.17, 15) is 0 Å². The van der Waals surface area contributed by atoms with Crippen LogP contribution in [0.1, 0.15) is 56.5 Å². The summed E-state index contributed by atoms with van der Waals surface area (Å²) < 4.78 is 5.34. The van der Waals surface area contributed by atoms with Gasteiger partial charge in [-0.05, 0) is 37.0 Å². The molecule has 0 bridgehead atoms. The number of aryl methyl sites for hydroxylation is 1. The average Bonchev–Trinajstić information content (AvgIpc) is 3.04. The average molecular weight is 314 g/mol. The second kappa shape index (κ2) is 8.36. The maximum absolute atomic E-state index is 5.92. The number of hydrogen-bond donors (Lipinski definition) is 2. The molecule has 124 valence electrons. The Bertz CT molecular complexity index is 627. The Morgan fingerprint density at radius 1 is 1.22 bits per heavy atom. The number of benzene rings is 1. The summed E-state index contributed by atoms with van der Waals surface area (Å²) in [6, 6.07) is 10.1. The first-order valence-corrected chi connectivity index (χ1v) is 8.27. The number of hydrogen-bond acceptors (Lipinski definition) is 3. The molecule has 1 heterocycles. The molecule has 0 aliphatic rings. The van der Waals surface area contributed by atoms with E-state index in [1.807, 2.05) is 18.2 Å². The predicted molar refractivity (Wildman–Crippen MR) is 94.6 cm³/mol. The molecule has 0 fully saturated rings. The second-order valence-electron chi connectivity index (χ2n) is 5.61. The number of aromatic nitrogens is 1. The van der Waals surface area contributed by atoms with E-state index in [1.54, 1.807) is 0 Å². The van der Waals surface area contributed by atoms with Crippen molar-refractivity contribution in [2.45, 2.75) is 52.5 Å². The van der Waals surface area contributed by atoms with Gasteiger partial charge in [0, 0.05) is 17.7 Å². The lowest BCUT2D eigenvalue weighted by Gasteiger charge is -2.06. The van der Waals surface area contributed by atoms with Crippen LogP contribution in [0.15, 0.2) is 39.8 Å². The normalized spacial score (nSPS) is 11.9. The zero-order chi connectivity index (χ0) is 16.7. The third kappa shape index (κ3) is 4.84. The molecule has 2 aromatic rings. The molecule has 0 saturated heterocycles. The van der Waals surface area contributed by atoms with E-state index in [-0.39, 0.29) is 0 Å². The highest BCUT2D eigenvalue weighted by Crippen LogP contribution is 2.22. The van der Waals surface area contributed by atoms with E-state index in [4.69, 9.17) is 10.3 Å². The third-order valence-electron chi connectivity index (χ3n) is 4.02. The van der Waals surface area contributed by atoms with Crippen LogP contribution in [0.25, 0.3) is 0 Å². The van der Waals surface area contributed by atoms with Crippen molar-refractivity contribution in [1.82, 2.24) is 5.16 Å². The second-order valence-corrected chi connectivity index (χ2v) is 5.61. The molecule has 0 radical (unpaired) electrons. The number of aliphatic imine (C=N–C) groups is 1. The summed E-state index contributed by atoms with van der Waals surface area (Å²) in [5, 5.41) is 7.21. The van der Waals surface area contributed by atoms with E-state index in [2.05, 4.69) is 48.4 Å². The molecular weight excluding hydrogens is 288 g/mol. The van der Waals surface area contributed by atoms with Crippen molar-refractivity contribution in [3.63, 3.8) is 0 Å². The fourth-order valence-corrected chi connectivity index (χ4v) is 2.48. The molecule has 0 saturated carbocycles. The molecule has 0 spiro atoms. The van der Waals surface area contributed by atoms with Crippen molar-refractivity contribution in [1.29, 1.82) is 0 Å². The van der Waals surface area contributed by atoms with Crippen molar-refractivity contribution in [3.8, 4) is 0 Å². The lowest BCUT2D eigenvalue weighted by Crippen LogP contribution is -2.22. The molecule has 0 aliphatic heterocycles. The van der Waals surface area contributed by atoms with Crippen molar-refractivity contribution in [3.05, 3.63) is 47.3 Å². The van der Waals surface area contributed by atoms with Gasteiger partial charge in [0.15, 0.2) is 11.7 Å². The Kier molecular flexibility index (Phi) is 6.20. The van der Waals surface area contributed by atoms with Gasteiger partial charge in [0.05, 0.1) is 5.69 Å². The molecule has 0 atom stereocenters. The van der Waals surface area contributed by atoms with Crippen LogP contribution in [0.2, 0.25) is 0 Å². The molecule has 23 heavy (non-hydrogen) atoms. The summed E-state index contributed by atoms with van der Waals surface area (Å²) >= 11 is 0. The highest BCUT2D eigenvalue weighted by Gasteiger charge is 2.12. The predicted octanol–water partition coefficient (Wildman–Crippen LogP) is 4.07. The van der Waals surface area contributed by atoms with Gasteiger partial charge in [0.1, 0.15) is 6.54 Å². The SMILES string of the molecule is CCc1ccc(NC(N)=NCc2cc(C(CC)CC)no2)cc1. The Labute approximate surface area is 138 Å². The maximum Gasteiger partial charge on any atom is 0.193 e. The summed E-state index contributed by atoms with van der Waals surface area (Å²) in [5.74, 6) is 1.55. The van der Waals surface area contributed by atoms with Crippen LogP contribution < -0.4 is 11.1 Å². The number of nitrogens with one attached hydrogen (secondary N) is 1. The van der Waals surface area contributed by atoms with Crippen molar-refractivity contribution in [2.75, 3.05) is 5.32 Å². The van der Waals surface area contributed by atoms with E-state index in [0.29, 0.717) is 18.4 Å². The van der Waals surface area contributed by atoms with E-state index >= 15 is 0 Å². The van der Waals surface area contributed by atoms with Crippen LogP contribution in [0.3, 0.4) is 0 Å². The molecule has 1 aromatic carbocycles. The monoisotopic (exact) mass is 314 g/mol. The van der Waals surface area contributed by atoms with Crippen LogP contribution in [0.4, 0.5) is 5.69 Å². The Morgan fingerprint density at radius 3 is 2.52 bits per heavy atom. The van der Waals surface area contributed by atoms with Crippen LogP contribution in [-0.2, 0) is 13.0 Å². The van der Waals surface area contributed by atoms with Crippen molar-refractivity contribution < 1.29 is 4.52 Å². The van der Waals surface area contributed by atoms with Crippen LogP contribution in [0.5, 0.6) is 0 Å². The summed E-state index contributed by atoms with van der Waals surface area (Å²) in [6.07, 6.45) is 3.14. The van der Waals surface area contributed by atoms with Crippen LogP contribution >= 0.6 is 0 Å². The number of guanidine groups is 1. The number of rotatable bonds is 7. The zero-order valence-corrected chi connectivity index (χ0v) is 14.2. The highest BCUT2D eigenvalue weighted by atomic mass is 16.5. The zero-order valence-electron chi connectivity index (χ0n) is 14.2. The minimum Gasteiger partial charge on any atom is -0.370 e. The van der Waals surface area contributed by atoms with Gasteiger partial charge in [-0.2, -0.15) is 0 Å². The van der Waals surface area contributed by atoms with Gasteiger partial charge in [-0.15, -0.1) is 0 Å². The first kappa shape index (κ1) is 17.1. The van der Waals surface area contributed by atoms with Gasteiger partial charge < -0.3 is 15.6 Å². The van der Waals surface area contributed by atoms with Crippen molar-refractivity contribution >= 4 is 11.6 Å². The van der Waals surface area contributed by atoms with Crippen LogP contribution in [0, 0.1) is 0 Å². The summed E-state index contributed by atoms with van der Waals surface area (Å²) in [5.41, 5.74) is 9.14. The minimum atomic E-state index is 0.370. The van der Waals surface area contributed by atoms with Gasteiger partial charge in [0.25, 0.3) is 0 Å². The molecule has 2 rings (SSSR count). The highest BCUT2D eigenvalue weighted by molar-refractivity contribution is 5.92. The van der Waals surface area contributed by atoms with E-state index in [0.717, 1.165) is 36.4 Å². The fourth-order valence-electron chi connectivity index (χ4n) is 2.48. The van der Waals surface area contributed by atoms with Gasteiger partial charge in [0.2, 0.25) is 0 Å². The van der Waals surface area contributed by atoms with Crippen molar-refractivity contribution in [2.24, 2.45) is 10.7 Å². The van der Waals surface area contributed by atoms with Gasteiger partial charge >= 0.3 is 0 Å². The minimum absolute atomic E-state index is 0.370. The molecule has 0 amide bonds. The lowest BCUT2D eigenvalue weighted by molar-refractivity contribution is 0.372. The van der Waals surface area contributed by atoms with Gasteiger partial charge in [-0.25, -0.2) is 4.99 Å².